The Hall–Kier alpha value is -1.39. The fourth-order valence-corrected chi connectivity index (χ4v) is 6.59. The summed E-state index contributed by atoms with van der Waals surface area (Å²) in [7, 11) is 0. The number of ether oxygens (including phenoxy) is 6. The molecule has 3 saturated heterocycles. The Balaban J connectivity index is 1.38. The van der Waals surface area contributed by atoms with Crippen LogP contribution < -0.4 is 0 Å². The highest BCUT2D eigenvalue weighted by molar-refractivity contribution is 5.69. The molecular formula is C36H64O17. The minimum Gasteiger partial charge on any atom is -0.463 e. The van der Waals surface area contributed by atoms with Gasteiger partial charge in [0.05, 0.1) is 13.2 Å². The van der Waals surface area contributed by atoms with Gasteiger partial charge >= 0.3 is 5.97 Å². The molecular weight excluding hydrogens is 704 g/mol. The van der Waals surface area contributed by atoms with Crippen LogP contribution in [0, 0.1) is 0 Å². The SMILES string of the molecule is CCCCCCCC/C=C\CCCCCCCC(=O)OC[C@H]1OC(OC[C@H]2OC(O[C@]3(CO)O[C@H](CO)[C@@H](O)[C@@H]3O)[C@H](O)[C@@H](O)[C@@H]2O)[C@H](O)[C@@H](O)[C@H]1O. The maximum atomic E-state index is 12.4. The van der Waals surface area contributed by atoms with Crippen LogP contribution in [0.1, 0.15) is 96.8 Å². The number of carbonyl (C=O) groups excluding carboxylic acids is 1. The predicted octanol–water partition coefficient (Wildman–Crippen LogP) is -0.983. The predicted molar refractivity (Wildman–Crippen MR) is 185 cm³/mol. The summed E-state index contributed by atoms with van der Waals surface area (Å²) < 4.78 is 32.7. The number of unbranched alkanes of at least 4 members (excludes halogenated alkanes) is 11. The van der Waals surface area contributed by atoms with Gasteiger partial charge in [0.2, 0.25) is 5.79 Å². The lowest BCUT2D eigenvalue weighted by Gasteiger charge is -2.44. The summed E-state index contributed by atoms with van der Waals surface area (Å²) in [4.78, 5) is 12.4. The summed E-state index contributed by atoms with van der Waals surface area (Å²) in [5.41, 5.74) is 0. The lowest BCUT2D eigenvalue weighted by atomic mass is 9.98. The average Bonchev–Trinajstić information content (AvgIpc) is 3.40. The van der Waals surface area contributed by atoms with Gasteiger partial charge < -0.3 is 79.5 Å². The fraction of sp³-hybridized carbons (Fsp3) is 0.917. The quantitative estimate of drug-likeness (QED) is 0.0321. The van der Waals surface area contributed by atoms with Gasteiger partial charge in [0.1, 0.15) is 80.4 Å². The first-order valence-corrected chi connectivity index (χ1v) is 19.2. The largest absolute Gasteiger partial charge is 0.463 e. The Morgan fingerprint density at radius 3 is 1.72 bits per heavy atom. The molecule has 14 atom stereocenters. The first-order valence-electron chi connectivity index (χ1n) is 19.2. The van der Waals surface area contributed by atoms with E-state index in [1.54, 1.807) is 0 Å². The molecule has 3 aliphatic rings. The van der Waals surface area contributed by atoms with Crippen LogP contribution in [0.5, 0.6) is 0 Å². The summed E-state index contributed by atoms with van der Waals surface area (Å²) in [6.07, 6.45) is -2.94. The molecule has 17 nitrogen and oxygen atoms in total. The zero-order valence-corrected chi connectivity index (χ0v) is 30.7. The minimum absolute atomic E-state index is 0.152. The average molecular weight is 769 g/mol. The maximum absolute atomic E-state index is 12.4. The molecule has 3 heterocycles. The van der Waals surface area contributed by atoms with E-state index in [0.29, 0.717) is 6.42 Å². The van der Waals surface area contributed by atoms with Crippen LogP contribution in [0.2, 0.25) is 0 Å². The van der Waals surface area contributed by atoms with Crippen molar-refractivity contribution in [2.24, 2.45) is 0 Å². The molecule has 0 saturated carbocycles. The second kappa shape index (κ2) is 23.6. The van der Waals surface area contributed by atoms with Gasteiger partial charge in [-0.2, -0.15) is 0 Å². The van der Waals surface area contributed by atoms with E-state index in [0.717, 1.165) is 38.5 Å². The minimum atomic E-state index is -2.39. The molecule has 0 radical (unpaired) electrons. The van der Waals surface area contributed by atoms with Gasteiger partial charge in [0.15, 0.2) is 12.6 Å². The van der Waals surface area contributed by atoms with E-state index < -0.39 is 118 Å². The summed E-state index contributed by atoms with van der Waals surface area (Å²) in [6.45, 7) is -0.713. The number of hydrogen-bond acceptors (Lipinski definition) is 17. The molecule has 0 aromatic heterocycles. The van der Waals surface area contributed by atoms with Gasteiger partial charge in [-0.05, 0) is 32.1 Å². The van der Waals surface area contributed by atoms with Gasteiger partial charge in [0, 0.05) is 6.42 Å². The molecule has 53 heavy (non-hydrogen) atoms. The Morgan fingerprint density at radius 1 is 0.623 bits per heavy atom. The van der Waals surface area contributed by atoms with Gasteiger partial charge in [-0.1, -0.05) is 70.4 Å². The van der Waals surface area contributed by atoms with Crippen molar-refractivity contribution < 1.29 is 84.3 Å². The Morgan fingerprint density at radius 2 is 1.15 bits per heavy atom. The molecule has 2 unspecified atom stereocenters. The van der Waals surface area contributed by atoms with Crippen molar-refractivity contribution in [3.63, 3.8) is 0 Å². The number of allylic oxidation sites excluding steroid dienone is 2. The number of rotatable bonds is 24. The third-order valence-corrected chi connectivity index (χ3v) is 10.0. The number of carbonyl (C=O) groups is 1. The summed E-state index contributed by atoms with van der Waals surface area (Å²) >= 11 is 0. The van der Waals surface area contributed by atoms with Crippen molar-refractivity contribution in [1.82, 2.24) is 0 Å². The molecule has 0 spiro atoms. The van der Waals surface area contributed by atoms with Crippen LogP contribution in [-0.2, 0) is 33.2 Å². The summed E-state index contributed by atoms with van der Waals surface area (Å²) in [5, 5.41) is 103. The van der Waals surface area contributed by atoms with Gasteiger partial charge in [-0.15, -0.1) is 0 Å². The standard InChI is InChI=1S/C36H64O17/c1-2-3-4-5-6-7-8-9-10-11-12-13-14-15-16-17-25(39)48-19-23-26(40)29(43)31(45)34(50-23)49-20-24-27(41)30(44)32(46)35(51-24)53-36(21-38)33(47)28(42)22(18-37)52-36/h9-10,22-24,26-35,37-38,40-47H,2-8,11-21H2,1H3/b10-9-/t22-,23-,24-,26+,27-,28-,29+,30+,31-,32-,33+,34?,35?,36+/m1/s1. The van der Waals surface area contributed by atoms with Crippen molar-refractivity contribution in [1.29, 1.82) is 0 Å². The summed E-state index contributed by atoms with van der Waals surface area (Å²) in [6, 6.07) is 0. The third-order valence-electron chi connectivity index (χ3n) is 10.0. The zero-order chi connectivity index (χ0) is 39.0. The maximum Gasteiger partial charge on any atom is 0.305 e. The monoisotopic (exact) mass is 768 g/mol. The molecule has 10 N–H and O–H groups in total. The van der Waals surface area contributed by atoms with Crippen LogP contribution in [0.25, 0.3) is 0 Å². The van der Waals surface area contributed by atoms with Crippen molar-refractivity contribution in [3.8, 4) is 0 Å². The highest BCUT2D eigenvalue weighted by Crippen LogP contribution is 2.36. The van der Waals surface area contributed by atoms with E-state index >= 15 is 0 Å². The lowest BCUT2D eigenvalue weighted by Crippen LogP contribution is -2.63. The molecule has 310 valence electrons. The fourth-order valence-electron chi connectivity index (χ4n) is 6.59. The highest BCUT2D eigenvalue weighted by atomic mass is 16.8. The lowest BCUT2D eigenvalue weighted by molar-refractivity contribution is -0.388. The number of aliphatic hydroxyl groups excluding tert-OH is 10. The van der Waals surface area contributed by atoms with E-state index in [1.807, 2.05) is 0 Å². The molecule has 3 fully saturated rings. The van der Waals surface area contributed by atoms with E-state index in [9.17, 15) is 55.9 Å². The first kappa shape index (κ1) is 46.0. The van der Waals surface area contributed by atoms with Crippen LogP contribution in [0.15, 0.2) is 12.2 Å². The molecule has 0 aliphatic carbocycles. The second-order valence-electron chi connectivity index (χ2n) is 14.2. The molecule has 17 heteroatoms. The van der Waals surface area contributed by atoms with Gasteiger partial charge in [-0.3, -0.25) is 4.79 Å². The number of aliphatic hydroxyl groups is 10. The Labute approximate surface area is 311 Å². The molecule has 3 rings (SSSR count). The smallest absolute Gasteiger partial charge is 0.305 e. The van der Waals surface area contributed by atoms with E-state index in [1.165, 1.54) is 38.5 Å². The van der Waals surface area contributed by atoms with E-state index in [4.69, 9.17) is 28.4 Å². The topological polar surface area (TPSA) is 275 Å². The van der Waals surface area contributed by atoms with Gasteiger partial charge in [0.25, 0.3) is 0 Å². The Kier molecular flexibility index (Phi) is 20.5. The molecule has 3 aliphatic heterocycles. The second-order valence-corrected chi connectivity index (χ2v) is 14.2. The van der Waals surface area contributed by atoms with Crippen molar-refractivity contribution in [3.05, 3.63) is 12.2 Å². The number of esters is 1. The van der Waals surface area contributed by atoms with Crippen LogP contribution in [0.3, 0.4) is 0 Å². The molecule has 0 amide bonds. The first-order chi connectivity index (χ1) is 25.4. The zero-order valence-electron chi connectivity index (χ0n) is 30.7. The van der Waals surface area contributed by atoms with E-state index in [-0.39, 0.29) is 6.42 Å². The van der Waals surface area contributed by atoms with Crippen LogP contribution in [-0.4, -0.2) is 169 Å². The highest BCUT2D eigenvalue weighted by Gasteiger charge is 2.58. The molecule has 0 bridgehead atoms. The van der Waals surface area contributed by atoms with Crippen molar-refractivity contribution >= 4 is 5.97 Å². The van der Waals surface area contributed by atoms with Crippen molar-refractivity contribution in [2.45, 2.75) is 182 Å². The van der Waals surface area contributed by atoms with Crippen molar-refractivity contribution in [2.75, 3.05) is 26.4 Å². The molecule has 0 aromatic rings. The third kappa shape index (κ3) is 13.4. The Bertz CT molecular complexity index is 1050. The van der Waals surface area contributed by atoms with Crippen LogP contribution >= 0.6 is 0 Å². The van der Waals surface area contributed by atoms with Gasteiger partial charge in [-0.25, -0.2) is 0 Å². The van der Waals surface area contributed by atoms with Crippen LogP contribution in [0.4, 0.5) is 0 Å². The molecule has 0 aromatic carbocycles. The van der Waals surface area contributed by atoms with E-state index in [2.05, 4.69) is 19.1 Å². The normalized spacial score (nSPS) is 37.8. The summed E-state index contributed by atoms with van der Waals surface area (Å²) in [5.74, 6) is -2.91. The number of hydrogen-bond donors (Lipinski definition) is 10.